The highest BCUT2D eigenvalue weighted by molar-refractivity contribution is 5.94. The highest BCUT2D eigenvalue weighted by Crippen LogP contribution is 2.55. The fraction of sp³-hybridized carbons (Fsp3) is 0.583. The molecule has 2 amide bonds. The Hall–Kier alpha value is -2.97. The molecule has 9 heteroatoms. The molecule has 1 atom stereocenters. The second-order valence-corrected chi connectivity index (χ2v) is 10.7. The molecule has 8 nitrogen and oxygen atoms in total. The molecule has 3 fully saturated rings. The highest BCUT2D eigenvalue weighted by atomic mass is 19.1. The van der Waals surface area contributed by atoms with Gasteiger partial charge in [0.05, 0.1) is 35.8 Å². The quantitative estimate of drug-likeness (QED) is 0.585. The minimum absolute atomic E-state index is 0.0579. The Bertz CT molecular complexity index is 1200. The number of carbonyl (C=O) groups is 1. The molecule has 0 aromatic carbocycles. The summed E-state index contributed by atoms with van der Waals surface area (Å²) in [6.07, 6.45) is 12.2. The van der Waals surface area contributed by atoms with Crippen LogP contribution in [0.25, 0.3) is 22.3 Å². The second-order valence-electron chi connectivity index (χ2n) is 10.7. The number of nitrogens with zero attached hydrogens (tertiary/aromatic N) is 5. The standard InChI is InChI=1S/C24H30FN7O/c1-23(2,25)14-32-20-9-18(26-11-17(20)12-28-32)21-19(13-27-30-21)29-22(33)31-8-5-16(15-3-4-15)10-24(31)6-7-24/h9,11-13,15-16H,3-8,10,14H2,1-2H3,(H,27,30)(H,29,33). The minimum Gasteiger partial charge on any atom is -0.319 e. The van der Waals surface area contributed by atoms with Crippen LogP contribution in [0.3, 0.4) is 0 Å². The first kappa shape index (κ1) is 20.6. The number of fused-ring (bicyclic) bond motifs is 1. The van der Waals surface area contributed by atoms with E-state index in [-0.39, 0.29) is 18.1 Å². The Morgan fingerprint density at radius 1 is 1.24 bits per heavy atom. The zero-order chi connectivity index (χ0) is 22.8. The molecule has 4 heterocycles. The molecule has 1 aliphatic heterocycles. The molecule has 1 spiro atoms. The number of anilines is 1. The van der Waals surface area contributed by atoms with E-state index >= 15 is 0 Å². The Labute approximate surface area is 191 Å². The highest BCUT2D eigenvalue weighted by Gasteiger charge is 2.55. The topological polar surface area (TPSA) is 91.7 Å². The zero-order valence-electron chi connectivity index (χ0n) is 19.1. The van der Waals surface area contributed by atoms with Gasteiger partial charge >= 0.3 is 6.03 Å². The smallest absolute Gasteiger partial charge is 0.319 e. The van der Waals surface area contributed by atoms with Crippen molar-refractivity contribution >= 4 is 22.6 Å². The molecule has 6 rings (SSSR count). The monoisotopic (exact) mass is 451 g/mol. The number of aromatic nitrogens is 5. The van der Waals surface area contributed by atoms with Crippen molar-refractivity contribution in [3.8, 4) is 11.4 Å². The van der Waals surface area contributed by atoms with E-state index in [0.717, 1.165) is 55.0 Å². The number of halogens is 1. The summed E-state index contributed by atoms with van der Waals surface area (Å²) in [7, 11) is 0. The number of alkyl halides is 1. The van der Waals surface area contributed by atoms with Gasteiger partial charge in [0, 0.05) is 23.7 Å². The van der Waals surface area contributed by atoms with E-state index in [9.17, 15) is 9.18 Å². The lowest BCUT2D eigenvalue weighted by Gasteiger charge is -2.40. The summed E-state index contributed by atoms with van der Waals surface area (Å²) < 4.78 is 15.9. The second kappa shape index (κ2) is 7.27. The summed E-state index contributed by atoms with van der Waals surface area (Å²) >= 11 is 0. The largest absolute Gasteiger partial charge is 0.322 e. The molecule has 2 N–H and O–H groups in total. The Kier molecular flexibility index (Phi) is 4.54. The third-order valence-electron chi connectivity index (χ3n) is 7.49. The molecular formula is C24H30FN7O. The van der Waals surface area contributed by atoms with E-state index in [1.165, 1.54) is 26.7 Å². The number of pyridine rings is 1. The van der Waals surface area contributed by atoms with Crippen LogP contribution in [0.5, 0.6) is 0 Å². The van der Waals surface area contributed by atoms with E-state index in [4.69, 9.17) is 0 Å². The van der Waals surface area contributed by atoms with Gasteiger partial charge in [-0.2, -0.15) is 10.2 Å². The average Bonchev–Trinajstić information content (AvgIpc) is 3.68. The molecule has 174 valence electrons. The molecule has 2 aliphatic carbocycles. The molecule has 3 aliphatic rings. The fourth-order valence-electron chi connectivity index (χ4n) is 5.49. The van der Waals surface area contributed by atoms with Gasteiger partial charge in [-0.25, -0.2) is 9.18 Å². The van der Waals surface area contributed by atoms with E-state index in [1.54, 1.807) is 23.3 Å². The average molecular weight is 452 g/mol. The zero-order valence-corrected chi connectivity index (χ0v) is 19.1. The van der Waals surface area contributed by atoms with Gasteiger partial charge < -0.3 is 10.2 Å². The summed E-state index contributed by atoms with van der Waals surface area (Å²) in [5.41, 5.74) is 1.32. The molecular weight excluding hydrogens is 421 g/mol. The molecule has 1 unspecified atom stereocenters. The summed E-state index contributed by atoms with van der Waals surface area (Å²) in [5.74, 6) is 1.68. The fourth-order valence-corrected chi connectivity index (χ4v) is 5.49. The first-order chi connectivity index (χ1) is 15.8. The number of aromatic amines is 1. The van der Waals surface area contributed by atoms with Crippen LogP contribution >= 0.6 is 0 Å². The van der Waals surface area contributed by atoms with Crippen molar-refractivity contribution in [2.24, 2.45) is 11.8 Å². The maximum absolute atomic E-state index is 14.2. The third kappa shape index (κ3) is 3.87. The number of rotatable bonds is 5. The SMILES string of the molecule is CC(C)(F)Cn1ncc2cnc(-c3[nH]ncc3NC(=O)N3CCC(C4CC4)CC34CC4)cc21. The van der Waals surface area contributed by atoms with Crippen molar-refractivity contribution in [2.75, 3.05) is 11.9 Å². The van der Waals surface area contributed by atoms with E-state index < -0.39 is 5.67 Å². The van der Waals surface area contributed by atoms with Crippen LogP contribution < -0.4 is 5.32 Å². The van der Waals surface area contributed by atoms with Crippen molar-refractivity contribution < 1.29 is 9.18 Å². The van der Waals surface area contributed by atoms with Crippen molar-refractivity contribution in [1.82, 2.24) is 29.9 Å². The van der Waals surface area contributed by atoms with E-state index in [0.29, 0.717) is 17.1 Å². The van der Waals surface area contributed by atoms with Gasteiger partial charge in [0.25, 0.3) is 0 Å². The summed E-state index contributed by atoms with van der Waals surface area (Å²) in [6, 6.07) is 1.80. The van der Waals surface area contributed by atoms with Crippen LogP contribution in [0, 0.1) is 11.8 Å². The molecule has 3 aromatic heterocycles. The lowest BCUT2D eigenvalue weighted by Crippen LogP contribution is -2.50. The van der Waals surface area contributed by atoms with Crippen LogP contribution in [-0.2, 0) is 6.54 Å². The molecule has 0 bridgehead atoms. The predicted molar refractivity (Wildman–Crippen MR) is 123 cm³/mol. The molecule has 2 saturated carbocycles. The van der Waals surface area contributed by atoms with Crippen molar-refractivity contribution in [1.29, 1.82) is 0 Å². The van der Waals surface area contributed by atoms with Gasteiger partial charge in [-0.3, -0.25) is 14.8 Å². The maximum Gasteiger partial charge on any atom is 0.322 e. The molecule has 0 radical (unpaired) electrons. The van der Waals surface area contributed by atoms with Crippen molar-refractivity contribution in [2.45, 2.75) is 70.1 Å². The Morgan fingerprint density at radius 2 is 2.06 bits per heavy atom. The molecule has 3 aromatic rings. The summed E-state index contributed by atoms with van der Waals surface area (Å²) in [4.78, 5) is 19.9. The van der Waals surface area contributed by atoms with E-state index in [1.807, 2.05) is 6.07 Å². The minimum atomic E-state index is -1.39. The number of hydrogen-bond donors (Lipinski definition) is 2. The van der Waals surface area contributed by atoms with Crippen LogP contribution in [-0.4, -0.2) is 53.6 Å². The van der Waals surface area contributed by atoms with Crippen LogP contribution in [0.2, 0.25) is 0 Å². The Morgan fingerprint density at radius 3 is 2.79 bits per heavy atom. The van der Waals surface area contributed by atoms with Gasteiger partial charge in [0.2, 0.25) is 0 Å². The number of amides is 2. The lowest BCUT2D eigenvalue weighted by atomic mass is 9.85. The number of likely N-dealkylation sites (tertiary alicyclic amines) is 1. The van der Waals surface area contributed by atoms with Crippen LogP contribution in [0.1, 0.15) is 52.4 Å². The summed E-state index contributed by atoms with van der Waals surface area (Å²) in [6.45, 7) is 4.03. The first-order valence-electron chi connectivity index (χ1n) is 11.9. The number of H-pyrrole nitrogens is 1. The number of hydrogen-bond acceptors (Lipinski definition) is 4. The van der Waals surface area contributed by atoms with Gasteiger partial charge in [-0.05, 0) is 70.3 Å². The normalized spacial score (nSPS) is 22.2. The number of urea groups is 1. The molecule has 1 saturated heterocycles. The van der Waals surface area contributed by atoms with Crippen molar-refractivity contribution in [3.63, 3.8) is 0 Å². The molecule has 33 heavy (non-hydrogen) atoms. The predicted octanol–water partition coefficient (Wildman–Crippen LogP) is 4.76. The number of piperidine rings is 1. The van der Waals surface area contributed by atoms with Gasteiger partial charge in [-0.1, -0.05) is 0 Å². The van der Waals surface area contributed by atoms with Crippen molar-refractivity contribution in [3.05, 3.63) is 24.7 Å². The van der Waals surface area contributed by atoms with Crippen LogP contribution in [0.15, 0.2) is 24.7 Å². The van der Waals surface area contributed by atoms with Gasteiger partial charge in [-0.15, -0.1) is 0 Å². The third-order valence-corrected chi connectivity index (χ3v) is 7.49. The number of carbonyl (C=O) groups excluding carboxylic acids is 1. The number of nitrogens with one attached hydrogen (secondary N) is 2. The maximum atomic E-state index is 14.2. The van der Waals surface area contributed by atoms with Crippen LogP contribution in [0.4, 0.5) is 14.9 Å². The first-order valence-corrected chi connectivity index (χ1v) is 11.9. The van der Waals surface area contributed by atoms with Gasteiger partial charge in [0.15, 0.2) is 0 Å². The lowest BCUT2D eigenvalue weighted by molar-refractivity contribution is 0.115. The van der Waals surface area contributed by atoms with Gasteiger partial charge in [0.1, 0.15) is 11.4 Å². The summed E-state index contributed by atoms with van der Waals surface area (Å²) in [5, 5.41) is 15.4. The van der Waals surface area contributed by atoms with E-state index in [2.05, 4.69) is 30.5 Å². The Balaban J connectivity index is 1.23.